The van der Waals surface area contributed by atoms with E-state index in [1.807, 2.05) is 13.8 Å². The van der Waals surface area contributed by atoms with E-state index < -0.39 is 0 Å². The lowest BCUT2D eigenvalue weighted by atomic mass is 10.0. The van der Waals surface area contributed by atoms with Gasteiger partial charge in [0.25, 0.3) is 5.56 Å². The van der Waals surface area contributed by atoms with E-state index in [1.165, 1.54) is 18.4 Å². The molecule has 1 aromatic heterocycles. The van der Waals surface area contributed by atoms with Crippen molar-refractivity contribution in [1.82, 2.24) is 4.98 Å². The van der Waals surface area contributed by atoms with Crippen LogP contribution in [0.1, 0.15) is 48.6 Å². The second-order valence-corrected chi connectivity index (χ2v) is 4.26. The summed E-state index contributed by atoms with van der Waals surface area (Å²) in [6, 6.07) is 0. The Hall–Kier alpha value is -1.05. The number of aryl methyl sites for hydroxylation is 1. The van der Waals surface area contributed by atoms with Crippen LogP contribution in [0.5, 0.6) is 0 Å². The van der Waals surface area contributed by atoms with Crippen molar-refractivity contribution in [2.45, 2.75) is 53.4 Å². The minimum Gasteiger partial charge on any atom is -0.326 e. The van der Waals surface area contributed by atoms with E-state index in [2.05, 4.69) is 18.8 Å². The monoisotopic (exact) mass is 207 g/mol. The van der Waals surface area contributed by atoms with Crippen molar-refractivity contribution in [1.29, 1.82) is 0 Å². The van der Waals surface area contributed by atoms with Gasteiger partial charge in [-0.3, -0.25) is 4.79 Å². The van der Waals surface area contributed by atoms with E-state index in [4.69, 9.17) is 0 Å². The summed E-state index contributed by atoms with van der Waals surface area (Å²) < 4.78 is 0. The summed E-state index contributed by atoms with van der Waals surface area (Å²) in [6.45, 7) is 8.20. The third-order valence-corrected chi connectivity index (χ3v) is 3.21. The average molecular weight is 207 g/mol. The molecule has 1 N–H and O–H groups in total. The van der Waals surface area contributed by atoms with E-state index in [0.717, 1.165) is 29.7 Å². The molecule has 0 saturated carbocycles. The van der Waals surface area contributed by atoms with Crippen LogP contribution in [0.25, 0.3) is 0 Å². The molecule has 0 unspecified atom stereocenters. The van der Waals surface area contributed by atoms with Crippen LogP contribution in [0.15, 0.2) is 4.79 Å². The summed E-state index contributed by atoms with van der Waals surface area (Å²) in [4.78, 5) is 14.6. The topological polar surface area (TPSA) is 32.9 Å². The molecule has 0 saturated heterocycles. The molecule has 15 heavy (non-hydrogen) atoms. The number of aromatic nitrogens is 1. The van der Waals surface area contributed by atoms with Gasteiger partial charge in [0.15, 0.2) is 0 Å². The highest BCUT2D eigenvalue weighted by molar-refractivity contribution is 5.33. The van der Waals surface area contributed by atoms with Gasteiger partial charge < -0.3 is 4.98 Å². The van der Waals surface area contributed by atoms with Gasteiger partial charge >= 0.3 is 0 Å². The van der Waals surface area contributed by atoms with Gasteiger partial charge in [-0.1, -0.05) is 19.8 Å². The zero-order valence-electron chi connectivity index (χ0n) is 10.2. The Morgan fingerprint density at radius 1 is 1.00 bits per heavy atom. The molecule has 0 aliphatic rings. The minimum atomic E-state index is 0.0737. The first-order valence-corrected chi connectivity index (χ1v) is 5.76. The minimum absolute atomic E-state index is 0.0737. The summed E-state index contributed by atoms with van der Waals surface area (Å²) >= 11 is 0. The molecule has 0 bridgehead atoms. The summed E-state index contributed by atoms with van der Waals surface area (Å²) in [5.41, 5.74) is 4.45. The van der Waals surface area contributed by atoms with Crippen LogP contribution in [0.3, 0.4) is 0 Å². The molecule has 0 radical (unpaired) electrons. The third kappa shape index (κ3) is 2.71. The van der Waals surface area contributed by atoms with Crippen LogP contribution in [-0.2, 0) is 6.42 Å². The lowest BCUT2D eigenvalue weighted by Crippen LogP contribution is -2.16. The van der Waals surface area contributed by atoms with Gasteiger partial charge in [-0.15, -0.1) is 0 Å². The molecule has 0 spiro atoms. The Morgan fingerprint density at radius 3 is 2.27 bits per heavy atom. The lowest BCUT2D eigenvalue weighted by molar-refractivity contribution is 0.701. The molecule has 1 heterocycles. The Morgan fingerprint density at radius 2 is 1.67 bits per heavy atom. The lowest BCUT2D eigenvalue weighted by Gasteiger charge is -2.10. The Kier molecular flexibility index (Phi) is 4.13. The van der Waals surface area contributed by atoms with Gasteiger partial charge in [0, 0.05) is 11.3 Å². The molecule has 0 fully saturated rings. The Labute approximate surface area is 91.7 Å². The number of rotatable bonds is 4. The van der Waals surface area contributed by atoms with E-state index >= 15 is 0 Å². The highest BCUT2D eigenvalue weighted by Crippen LogP contribution is 2.14. The smallest absolute Gasteiger partial charge is 0.251 e. The van der Waals surface area contributed by atoms with Crippen LogP contribution in [0.4, 0.5) is 0 Å². The molecule has 1 rings (SSSR count). The van der Waals surface area contributed by atoms with Crippen molar-refractivity contribution in [3.63, 3.8) is 0 Å². The van der Waals surface area contributed by atoms with E-state index in [-0.39, 0.29) is 5.56 Å². The normalized spacial score (nSPS) is 10.7. The van der Waals surface area contributed by atoms with Crippen molar-refractivity contribution in [2.75, 3.05) is 0 Å². The zero-order valence-corrected chi connectivity index (χ0v) is 10.2. The largest absolute Gasteiger partial charge is 0.326 e. The van der Waals surface area contributed by atoms with Crippen LogP contribution in [-0.4, -0.2) is 4.98 Å². The van der Waals surface area contributed by atoms with Crippen molar-refractivity contribution in [2.24, 2.45) is 0 Å². The highest BCUT2D eigenvalue weighted by atomic mass is 16.1. The fourth-order valence-electron chi connectivity index (χ4n) is 1.80. The predicted octanol–water partition coefficient (Wildman–Crippen LogP) is 3.03. The number of pyridine rings is 1. The second-order valence-electron chi connectivity index (χ2n) is 4.26. The zero-order chi connectivity index (χ0) is 11.4. The van der Waals surface area contributed by atoms with Gasteiger partial charge in [0.1, 0.15) is 0 Å². The number of aromatic amines is 1. The second kappa shape index (κ2) is 5.15. The quantitative estimate of drug-likeness (QED) is 0.756. The fourth-order valence-corrected chi connectivity index (χ4v) is 1.80. The van der Waals surface area contributed by atoms with E-state index in [0.29, 0.717) is 0 Å². The molecule has 2 nitrogen and oxygen atoms in total. The first-order valence-electron chi connectivity index (χ1n) is 5.76. The molecule has 0 aliphatic carbocycles. The van der Waals surface area contributed by atoms with Crippen LogP contribution < -0.4 is 5.56 Å². The molecule has 2 heteroatoms. The molecular formula is C13H21NO. The molecule has 0 aliphatic heterocycles. The number of hydrogen-bond donors (Lipinski definition) is 1. The molecule has 0 aromatic carbocycles. The third-order valence-electron chi connectivity index (χ3n) is 3.21. The first kappa shape index (κ1) is 12.0. The van der Waals surface area contributed by atoms with Gasteiger partial charge in [0.05, 0.1) is 0 Å². The summed E-state index contributed by atoms with van der Waals surface area (Å²) in [5, 5.41) is 0. The standard InChI is InChI=1S/C13H21NO/c1-5-6-7-8-12-10(3)9(2)11(4)13(15)14-12/h5-8H2,1-4H3,(H,14,15). The first-order chi connectivity index (χ1) is 7.07. The molecule has 0 amide bonds. The molecule has 1 aromatic rings. The van der Waals surface area contributed by atoms with E-state index in [9.17, 15) is 4.79 Å². The maximum Gasteiger partial charge on any atom is 0.251 e. The van der Waals surface area contributed by atoms with Gasteiger partial charge in [-0.2, -0.15) is 0 Å². The molecular weight excluding hydrogens is 186 g/mol. The molecule has 84 valence electrons. The van der Waals surface area contributed by atoms with Crippen LogP contribution >= 0.6 is 0 Å². The fraction of sp³-hybridized carbons (Fsp3) is 0.615. The van der Waals surface area contributed by atoms with E-state index in [1.54, 1.807) is 0 Å². The van der Waals surface area contributed by atoms with Gasteiger partial charge in [-0.25, -0.2) is 0 Å². The van der Waals surface area contributed by atoms with Gasteiger partial charge in [0.2, 0.25) is 0 Å². The number of nitrogens with one attached hydrogen (secondary N) is 1. The Balaban J connectivity index is 2.94. The number of unbranched alkanes of at least 4 members (excludes halogenated alkanes) is 2. The number of hydrogen-bond acceptors (Lipinski definition) is 1. The maximum atomic E-state index is 11.6. The van der Waals surface area contributed by atoms with Crippen LogP contribution in [0.2, 0.25) is 0 Å². The highest BCUT2D eigenvalue weighted by Gasteiger charge is 2.07. The molecule has 0 atom stereocenters. The Bertz CT molecular complexity index is 390. The summed E-state index contributed by atoms with van der Waals surface area (Å²) in [7, 11) is 0. The SMILES string of the molecule is CCCCCc1[nH]c(=O)c(C)c(C)c1C. The summed E-state index contributed by atoms with van der Waals surface area (Å²) in [5.74, 6) is 0. The maximum absolute atomic E-state index is 11.6. The van der Waals surface area contributed by atoms with Gasteiger partial charge in [-0.05, 0) is 44.7 Å². The number of H-pyrrole nitrogens is 1. The predicted molar refractivity (Wildman–Crippen MR) is 64.5 cm³/mol. The van der Waals surface area contributed by atoms with Crippen LogP contribution in [0, 0.1) is 20.8 Å². The van der Waals surface area contributed by atoms with Crippen molar-refractivity contribution in [3.05, 3.63) is 32.7 Å². The van der Waals surface area contributed by atoms with Crippen molar-refractivity contribution in [3.8, 4) is 0 Å². The average Bonchev–Trinajstić information content (AvgIpc) is 2.23. The van der Waals surface area contributed by atoms with Crippen molar-refractivity contribution < 1.29 is 0 Å². The summed E-state index contributed by atoms with van der Waals surface area (Å²) in [6.07, 6.45) is 4.61. The van der Waals surface area contributed by atoms with Crippen molar-refractivity contribution >= 4 is 0 Å².